The minimum Gasteiger partial charge on any atom is -0.674 e. The minimum absolute atomic E-state index is 0. The Hall–Kier alpha value is -0.452. The molecule has 0 aromatic rings. The fourth-order valence-corrected chi connectivity index (χ4v) is 3.34. The topological polar surface area (TPSA) is 122 Å². The average molecular weight is 479 g/mol. The van der Waals surface area contributed by atoms with Crippen LogP contribution >= 0.6 is 0 Å². The van der Waals surface area contributed by atoms with E-state index in [1.54, 1.807) is 0 Å². The summed E-state index contributed by atoms with van der Waals surface area (Å²) in [6.45, 7) is 0. The molecule has 0 aromatic heterocycles. The van der Waals surface area contributed by atoms with Crippen LogP contribution in [0.15, 0.2) is 0 Å². The summed E-state index contributed by atoms with van der Waals surface area (Å²) in [5.41, 5.74) is 16.1. The molecule has 2 rings (SSSR count). The summed E-state index contributed by atoms with van der Waals surface area (Å²) in [5, 5.41) is 14.8. The first kappa shape index (κ1) is 20.5. The van der Waals surface area contributed by atoms with E-state index in [0.29, 0.717) is 11.8 Å². The largest absolute Gasteiger partial charge is 2.00 e. The summed E-state index contributed by atoms with van der Waals surface area (Å²) in [5.74, 6) is -2.52. The van der Waals surface area contributed by atoms with Crippen molar-refractivity contribution in [1.29, 1.82) is 0 Å². The summed E-state index contributed by atoms with van der Waals surface area (Å²) < 4.78 is 0. The van der Waals surface area contributed by atoms with Gasteiger partial charge in [-0.2, -0.15) is 0 Å². The maximum atomic E-state index is 9.10. The van der Waals surface area contributed by atoms with Crippen LogP contribution in [0.1, 0.15) is 51.4 Å². The number of rotatable bonds is 1. The van der Waals surface area contributed by atoms with Gasteiger partial charge < -0.3 is 21.7 Å². The van der Waals surface area contributed by atoms with Crippen molar-refractivity contribution < 1.29 is 40.9 Å². The van der Waals surface area contributed by atoms with E-state index in [0.717, 1.165) is 12.8 Å². The van der Waals surface area contributed by atoms with Crippen molar-refractivity contribution in [1.82, 2.24) is 0 Å². The van der Waals surface area contributed by atoms with Crippen LogP contribution in [0.25, 0.3) is 11.5 Å². The summed E-state index contributed by atoms with van der Waals surface area (Å²) >= 11 is 0. The van der Waals surface area contributed by atoms with E-state index in [9.17, 15) is 0 Å². The molecule has 0 aliphatic heterocycles. The van der Waals surface area contributed by atoms with Gasteiger partial charge in [-0.15, -0.1) is 12.1 Å². The van der Waals surface area contributed by atoms with Crippen LogP contribution in [0.3, 0.4) is 0 Å². The molecular formula is C14H24N2O4Pt. The molecule has 0 radical (unpaired) electrons. The van der Waals surface area contributed by atoms with Gasteiger partial charge in [0.25, 0.3) is 0 Å². The summed E-state index contributed by atoms with van der Waals surface area (Å²) in [7, 11) is 0. The van der Waals surface area contributed by atoms with E-state index in [1.807, 2.05) is 0 Å². The second-order valence-electron chi connectivity index (χ2n) is 5.72. The molecule has 21 heavy (non-hydrogen) atoms. The number of nitrogens with one attached hydrogen (secondary N) is 2. The van der Waals surface area contributed by atoms with Gasteiger partial charge in [-0.05, 0) is 0 Å². The van der Waals surface area contributed by atoms with E-state index in [2.05, 4.69) is 0 Å². The van der Waals surface area contributed by atoms with Crippen LogP contribution in [0.2, 0.25) is 0 Å². The van der Waals surface area contributed by atoms with Gasteiger partial charge in [0.1, 0.15) is 0 Å². The molecule has 7 heteroatoms. The van der Waals surface area contributed by atoms with E-state index in [1.165, 1.54) is 38.5 Å². The quantitative estimate of drug-likeness (QED) is 0.560. The third kappa shape index (κ3) is 6.89. The molecule has 4 unspecified atom stereocenters. The zero-order valence-corrected chi connectivity index (χ0v) is 14.3. The number of carbonyl (C=O) groups is 2. The summed E-state index contributed by atoms with van der Waals surface area (Å²) in [4.78, 5) is 18.2. The first-order chi connectivity index (χ1) is 9.43. The zero-order chi connectivity index (χ0) is 15.1. The van der Waals surface area contributed by atoms with E-state index in [-0.39, 0.29) is 33.1 Å². The van der Waals surface area contributed by atoms with Gasteiger partial charge in [-0.1, -0.05) is 63.2 Å². The molecule has 4 N–H and O–H groups in total. The Kier molecular flexibility index (Phi) is 10.1. The van der Waals surface area contributed by atoms with Crippen LogP contribution in [-0.2, 0) is 30.7 Å². The van der Waals surface area contributed by atoms with Gasteiger partial charge in [0, 0.05) is 0 Å². The van der Waals surface area contributed by atoms with Crippen molar-refractivity contribution in [3.63, 3.8) is 0 Å². The summed E-state index contributed by atoms with van der Waals surface area (Å²) in [6.07, 6.45) is 9.76. The van der Waals surface area contributed by atoms with Crippen molar-refractivity contribution in [3.05, 3.63) is 11.5 Å². The van der Waals surface area contributed by atoms with Gasteiger partial charge >= 0.3 is 33.0 Å². The monoisotopic (exact) mass is 479 g/mol. The predicted octanol–water partition coefficient (Wildman–Crippen LogP) is 3.36. The molecule has 2 aliphatic rings. The van der Waals surface area contributed by atoms with Crippen LogP contribution in [0, 0.1) is 11.8 Å². The molecule has 0 amide bonds. The molecular weight excluding hydrogens is 455 g/mol. The summed E-state index contributed by atoms with van der Waals surface area (Å²) in [6, 6.07) is 0.305. The van der Waals surface area contributed by atoms with Crippen LogP contribution < -0.4 is 0 Å². The van der Waals surface area contributed by atoms with Crippen LogP contribution in [0.4, 0.5) is 0 Å². The first-order valence-electron chi connectivity index (χ1n) is 7.32. The molecule has 0 spiro atoms. The maximum absolute atomic E-state index is 9.10. The van der Waals surface area contributed by atoms with Gasteiger partial charge in [0.05, 0.1) is 0 Å². The van der Waals surface area contributed by atoms with Gasteiger partial charge in [-0.3, -0.25) is 0 Å². The van der Waals surface area contributed by atoms with Crippen molar-refractivity contribution in [3.8, 4) is 0 Å². The number of aliphatic carboxylic acids is 2. The Labute approximate surface area is 139 Å². The van der Waals surface area contributed by atoms with Crippen molar-refractivity contribution in [2.45, 2.75) is 63.5 Å². The van der Waals surface area contributed by atoms with Gasteiger partial charge in [-0.25, -0.2) is 9.59 Å². The smallest absolute Gasteiger partial charge is 0.674 e. The average Bonchev–Trinajstić information content (AvgIpc) is 2.41. The third-order valence-corrected chi connectivity index (χ3v) is 4.37. The van der Waals surface area contributed by atoms with E-state index < -0.39 is 11.9 Å². The molecule has 0 bridgehead atoms. The fourth-order valence-electron chi connectivity index (χ4n) is 3.34. The molecule has 0 aromatic carbocycles. The Balaban J connectivity index is 0.000000495. The second kappa shape index (κ2) is 10.3. The molecule has 4 atom stereocenters. The van der Waals surface area contributed by atoms with Crippen LogP contribution in [0.5, 0.6) is 0 Å². The molecule has 6 nitrogen and oxygen atoms in total. The van der Waals surface area contributed by atoms with Gasteiger partial charge in [0.2, 0.25) is 0 Å². The number of carboxylic acids is 2. The fraction of sp³-hybridized carbons (Fsp3) is 0.857. The molecule has 2 fully saturated rings. The third-order valence-electron chi connectivity index (χ3n) is 4.37. The Morgan fingerprint density at radius 1 is 0.714 bits per heavy atom. The number of hydrogen-bond donors (Lipinski definition) is 2. The van der Waals surface area contributed by atoms with Crippen LogP contribution in [-0.4, -0.2) is 34.2 Å². The molecule has 2 saturated carbocycles. The minimum atomic E-state index is -1.82. The van der Waals surface area contributed by atoms with E-state index in [4.69, 9.17) is 31.3 Å². The van der Waals surface area contributed by atoms with Gasteiger partial charge in [0.15, 0.2) is 0 Å². The normalized spacial score (nSPS) is 32.1. The maximum Gasteiger partial charge on any atom is 2.00 e. The Morgan fingerprint density at radius 2 is 1.00 bits per heavy atom. The van der Waals surface area contributed by atoms with Crippen molar-refractivity contribution in [2.24, 2.45) is 11.8 Å². The molecule has 0 heterocycles. The van der Waals surface area contributed by atoms with Crippen molar-refractivity contribution >= 4 is 11.9 Å². The van der Waals surface area contributed by atoms with Crippen molar-refractivity contribution in [2.75, 3.05) is 0 Å². The molecule has 0 saturated heterocycles. The Bertz CT molecular complexity index is 309. The predicted molar refractivity (Wildman–Crippen MR) is 75.4 cm³/mol. The standard InChI is InChI=1S/C12H22N2.C2H2O4.Pt/c13-11-7-3-1-5-9(11)10-6-2-4-8-12(10)14;3-1(4)2(5)6;/h9-14H,1-8H2;(H,3,4)(H,5,6);/q-2;;+2. The molecule has 2 aliphatic carbocycles. The number of hydrogen-bond acceptors (Lipinski definition) is 2. The second-order valence-corrected chi connectivity index (χ2v) is 5.72. The Morgan fingerprint density at radius 3 is 1.24 bits per heavy atom. The first-order valence-corrected chi connectivity index (χ1v) is 7.32. The SMILES string of the molecule is O=C(O)C(=O)O.[NH-]C1CCCCC1C1CCCCC1[NH-].[Pt+2]. The molecule has 124 valence electrons. The van der Waals surface area contributed by atoms with E-state index >= 15 is 0 Å². The number of carboxylic acid groups (broad SMARTS) is 2. The zero-order valence-electron chi connectivity index (χ0n) is 12.0.